The monoisotopic (exact) mass is 276 g/mol. The SMILES string of the molecule is CC(C)NCc1ccc(C(=O)c2ccc(Cl)cc2)[nH]1. The van der Waals surface area contributed by atoms with Crippen LogP contribution in [0.15, 0.2) is 36.4 Å². The molecule has 0 bridgehead atoms. The number of ketones is 1. The van der Waals surface area contributed by atoms with Gasteiger partial charge in [-0.05, 0) is 36.4 Å². The van der Waals surface area contributed by atoms with E-state index >= 15 is 0 Å². The molecule has 3 nitrogen and oxygen atoms in total. The van der Waals surface area contributed by atoms with E-state index < -0.39 is 0 Å². The molecule has 1 heterocycles. The first-order valence-electron chi connectivity index (χ1n) is 6.28. The number of carbonyl (C=O) groups is 1. The predicted octanol–water partition coefficient (Wildman–Crippen LogP) is 3.40. The first-order chi connectivity index (χ1) is 9.06. The minimum absolute atomic E-state index is 0.0209. The lowest BCUT2D eigenvalue weighted by atomic mass is 10.1. The second-order valence-electron chi connectivity index (χ2n) is 4.77. The van der Waals surface area contributed by atoms with Gasteiger partial charge in [0.05, 0.1) is 5.69 Å². The third-order valence-corrected chi connectivity index (χ3v) is 3.05. The van der Waals surface area contributed by atoms with Crippen molar-refractivity contribution in [2.45, 2.75) is 26.4 Å². The first-order valence-corrected chi connectivity index (χ1v) is 6.65. The molecule has 19 heavy (non-hydrogen) atoms. The van der Waals surface area contributed by atoms with Gasteiger partial charge in [0, 0.05) is 28.9 Å². The normalized spacial score (nSPS) is 10.9. The quantitative estimate of drug-likeness (QED) is 0.822. The third-order valence-electron chi connectivity index (χ3n) is 2.80. The molecule has 0 radical (unpaired) electrons. The Hall–Kier alpha value is -1.58. The zero-order valence-corrected chi connectivity index (χ0v) is 11.8. The maximum absolute atomic E-state index is 12.2. The van der Waals surface area contributed by atoms with Crippen LogP contribution in [-0.4, -0.2) is 16.8 Å². The fourth-order valence-corrected chi connectivity index (χ4v) is 1.87. The van der Waals surface area contributed by atoms with Crippen molar-refractivity contribution in [3.05, 3.63) is 58.4 Å². The molecule has 0 aliphatic heterocycles. The van der Waals surface area contributed by atoms with Gasteiger partial charge in [-0.15, -0.1) is 0 Å². The molecule has 2 rings (SSSR count). The van der Waals surface area contributed by atoms with E-state index in [0.717, 1.165) is 12.2 Å². The van der Waals surface area contributed by atoms with Crippen LogP contribution >= 0.6 is 11.6 Å². The van der Waals surface area contributed by atoms with E-state index in [0.29, 0.717) is 22.3 Å². The molecule has 0 fully saturated rings. The standard InChI is InChI=1S/C15H17ClN2O/c1-10(2)17-9-13-7-8-14(18-13)15(19)11-3-5-12(16)6-4-11/h3-8,10,17-18H,9H2,1-2H3. The second kappa shape index (κ2) is 6.04. The lowest BCUT2D eigenvalue weighted by molar-refractivity contribution is 0.103. The zero-order chi connectivity index (χ0) is 13.8. The van der Waals surface area contributed by atoms with E-state index in [9.17, 15) is 4.79 Å². The van der Waals surface area contributed by atoms with Crippen molar-refractivity contribution in [3.8, 4) is 0 Å². The number of hydrogen-bond donors (Lipinski definition) is 2. The maximum atomic E-state index is 12.2. The molecule has 0 saturated heterocycles. The topological polar surface area (TPSA) is 44.9 Å². The van der Waals surface area contributed by atoms with Crippen molar-refractivity contribution in [1.82, 2.24) is 10.3 Å². The van der Waals surface area contributed by atoms with Crippen molar-refractivity contribution in [2.75, 3.05) is 0 Å². The zero-order valence-electron chi connectivity index (χ0n) is 11.0. The average Bonchev–Trinajstić information content (AvgIpc) is 2.85. The Balaban J connectivity index is 2.09. The molecule has 0 aliphatic rings. The van der Waals surface area contributed by atoms with E-state index in [4.69, 9.17) is 11.6 Å². The molecule has 100 valence electrons. The average molecular weight is 277 g/mol. The number of nitrogens with one attached hydrogen (secondary N) is 2. The van der Waals surface area contributed by atoms with Gasteiger partial charge in [0.15, 0.2) is 0 Å². The van der Waals surface area contributed by atoms with Crippen LogP contribution in [0.2, 0.25) is 5.02 Å². The van der Waals surface area contributed by atoms with E-state index in [1.165, 1.54) is 0 Å². The lowest BCUT2D eigenvalue weighted by Crippen LogP contribution is -2.22. The van der Waals surface area contributed by atoms with Crippen molar-refractivity contribution in [1.29, 1.82) is 0 Å². The first kappa shape index (κ1) is 13.8. The van der Waals surface area contributed by atoms with Crippen LogP contribution in [0.3, 0.4) is 0 Å². The van der Waals surface area contributed by atoms with E-state index in [-0.39, 0.29) is 5.78 Å². The summed E-state index contributed by atoms with van der Waals surface area (Å²) >= 11 is 5.81. The van der Waals surface area contributed by atoms with Crippen LogP contribution in [-0.2, 0) is 6.54 Å². The van der Waals surface area contributed by atoms with Gasteiger partial charge in [-0.25, -0.2) is 0 Å². The number of halogens is 1. The van der Waals surface area contributed by atoms with Gasteiger partial charge in [0.1, 0.15) is 0 Å². The van der Waals surface area contributed by atoms with E-state index in [1.54, 1.807) is 24.3 Å². The molecule has 2 N–H and O–H groups in total. The number of aromatic amines is 1. The Labute approximate surface area is 118 Å². The van der Waals surface area contributed by atoms with Gasteiger partial charge >= 0.3 is 0 Å². The fraction of sp³-hybridized carbons (Fsp3) is 0.267. The molecule has 0 saturated carbocycles. The van der Waals surface area contributed by atoms with E-state index in [2.05, 4.69) is 24.1 Å². The Morgan fingerprint density at radius 2 is 1.89 bits per heavy atom. The molecular formula is C15H17ClN2O. The number of rotatable bonds is 5. The fourth-order valence-electron chi connectivity index (χ4n) is 1.75. The van der Waals surface area contributed by atoms with Crippen LogP contribution in [0.25, 0.3) is 0 Å². The van der Waals surface area contributed by atoms with E-state index in [1.807, 2.05) is 12.1 Å². The highest BCUT2D eigenvalue weighted by Gasteiger charge is 2.11. The van der Waals surface area contributed by atoms with Crippen LogP contribution in [0.4, 0.5) is 0 Å². The Kier molecular flexibility index (Phi) is 4.40. The van der Waals surface area contributed by atoms with Crippen LogP contribution < -0.4 is 5.32 Å². The van der Waals surface area contributed by atoms with Gasteiger partial charge in [0.2, 0.25) is 5.78 Å². The minimum atomic E-state index is -0.0209. The summed E-state index contributed by atoms with van der Waals surface area (Å²) in [7, 11) is 0. The summed E-state index contributed by atoms with van der Waals surface area (Å²) in [5.74, 6) is -0.0209. The van der Waals surface area contributed by atoms with Gasteiger partial charge in [0.25, 0.3) is 0 Å². The van der Waals surface area contributed by atoms with Crippen LogP contribution in [0, 0.1) is 0 Å². The summed E-state index contributed by atoms with van der Waals surface area (Å²) in [4.78, 5) is 15.4. The molecule has 0 amide bonds. The molecule has 2 aromatic rings. The molecule has 4 heteroatoms. The highest BCUT2D eigenvalue weighted by Crippen LogP contribution is 2.13. The maximum Gasteiger partial charge on any atom is 0.209 e. The Morgan fingerprint density at radius 1 is 1.21 bits per heavy atom. The summed E-state index contributed by atoms with van der Waals surface area (Å²) in [5.41, 5.74) is 2.24. The number of H-pyrrole nitrogens is 1. The van der Waals surface area contributed by atoms with Crippen molar-refractivity contribution in [3.63, 3.8) is 0 Å². The van der Waals surface area contributed by atoms with Crippen molar-refractivity contribution >= 4 is 17.4 Å². The smallest absolute Gasteiger partial charge is 0.209 e. The summed E-state index contributed by atoms with van der Waals surface area (Å²) < 4.78 is 0. The Morgan fingerprint density at radius 3 is 2.53 bits per heavy atom. The largest absolute Gasteiger partial charge is 0.355 e. The molecular weight excluding hydrogens is 260 g/mol. The van der Waals surface area contributed by atoms with Crippen LogP contribution in [0.1, 0.15) is 35.6 Å². The third kappa shape index (κ3) is 3.69. The van der Waals surface area contributed by atoms with Crippen molar-refractivity contribution in [2.24, 2.45) is 0 Å². The predicted molar refractivity (Wildman–Crippen MR) is 77.7 cm³/mol. The summed E-state index contributed by atoms with van der Waals surface area (Å²) in [5, 5.41) is 3.93. The number of carbonyl (C=O) groups excluding carboxylic acids is 1. The lowest BCUT2D eigenvalue weighted by Gasteiger charge is -2.05. The molecule has 1 aromatic heterocycles. The molecule has 0 spiro atoms. The Bertz CT molecular complexity index is 558. The summed E-state index contributed by atoms with van der Waals surface area (Å²) in [6, 6.07) is 11.1. The minimum Gasteiger partial charge on any atom is -0.355 e. The van der Waals surface area contributed by atoms with Crippen LogP contribution in [0.5, 0.6) is 0 Å². The van der Waals surface area contributed by atoms with Gasteiger partial charge in [-0.3, -0.25) is 4.79 Å². The summed E-state index contributed by atoms with van der Waals surface area (Å²) in [6.07, 6.45) is 0. The number of hydrogen-bond acceptors (Lipinski definition) is 2. The highest BCUT2D eigenvalue weighted by atomic mass is 35.5. The van der Waals surface area contributed by atoms with Crippen molar-refractivity contribution < 1.29 is 4.79 Å². The highest BCUT2D eigenvalue weighted by molar-refractivity contribution is 6.30. The second-order valence-corrected chi connectivity index (χ2v) is 5.21. The van der Waals surface area contributed by atoms with Gasteiger partial charge < -0.3 is 10.3 Å². The molecule has 1 aromatic carbocycles. The number of benzene rings is 1. The molecule has 0 aliphatic carbocycles. The molecule has 0 atom stereocenters. The number of aromatic nitrogens is 1. The summed E-state index contributed by atoms with van der Waals surface area (Å²) in [6.45, 7) is 4.90. The molecule has 0 unspecified atom stereocenters. The van der Waals surface area contributed by atoms with Gasteiger partial charge in [-0.2, -0.15) is 0 Å². The van der Waals surface area contributed by atoms with Gasteiger partial charge in [-0.1, -0.05) is 25.4 Å².